The number of thiophene rings is 1. The molecule has 0 saturated heterocycles. The van der Waals surface area contributed by atoms with Gasteiger partial charge in [0.05, 0.1) is 5.39 Å². The van der Waals surface area contributed by atoms with Crippen molar-refractivity contribution < 1.29 is 0 Å². The number of unbranched alkanes of at least 4 members (excludes halogenated alkanes) is 4. The molecule has 0 aliphatic heterocycles. The molecule has 3 nitrogen and oxygen atoms in total. The summed E-state index contributed by atoms with van der Waals surface area (Å²) >= 11 is 1.75. The predicted molar refractivity (Wildman–Crippen MR) is 94.0 cm³/mol. The van der Waals surface area contributed by atoms with Crippen LogP contribution in [0.25, 0.3) is 10.2 Å². The zero-order chi connectivity index (χ0) is 15.5. The van der Waals surface area contributed by atoms with E-state index in [9.17, 15) is 4.79 Å². The van der Waals surface area contributed by atoms with E-state index < -0.39 is 0 Å². The third kappa shape index (κ3) is 2.98. The number of aromatic nitrogens is 2. The summed E-state index contributed by atoms with van der Waals surface area (Å²) in [6.07, 6.45) is 10.8. The highest BCUT2D eigenvalue weighted by molar-refractivity contribution is 7.18. The summed E-state index contributed by atoms with van der Waals surface area (Å²) in [5, 5.41) is 0.929. The largest absolute Gasteiger partial charge is 0.296 e. The summed E-state index contributed by atoms with van der Waals surface area (Å²) in [4.78, 5) is 20.0. The van der Waals surface area contributed by atoms with E-state index in [1.54, 1.807) is 11.3 Å². The molecular formula is C18H26N2OS. The topological polar surface area (TPSA) is 34.9 Å². The summed E-state index contributed by atoms with van der Waals surface area (Å²) in [5.74, 6) is 0.881. The minimum atomic E-state index is 0.206. The van der Waals surface area contributed by atoms with Gasteiger partial charge in [0.25, 0.3) is 5.56 Å². The van der Waals surface area contributed by atoms with Crippen molar-refractivity contribution in [2.75, 3.05) is 0 Å². The molecule has 3 rings (SSSR count). The van der Waals surface area contributed by atoms with Crippen molar-refractivity contribution in [3.05, 3.63) is 26.6 Å². The minimum Gasteiger partial charge on any atom is -0.296 e. The zero-order valence-corrected chi connectivity index (χ0v) is 14.6. The lowest BCUT2D eigenvalue weighted by molar-refractivity contribution is 0.546. The summed E-state index contributed by atoms with van der Waals surface area (Å²) in [6.45, 7) is 5.03. The standard InChI is InChI=1S/C18H26N2OS/c1-3-4-5-6-9-12-20-13(2)19-17-16(18(20)21)14-10-7-8-11-15(14)22-17/h3-12H2,1-2H3. The Morgan fingerprint density at radius 1 is 1.14 bits per heavy atom. The summed E-state index contributed by atoms with van der Waals surface area (Å²) in [7, 11) is 0. The Balaban J connectivity index is 1.88. The van der Waals surface area contributed by atoms with Crippen LogP contribution >= 0.6 is 11.3 Å². The molecule has 1 aliphatic carbocycles. The Kier molecular flexibility index (Phi) is 4.97. The Hall–Kier alpha value is -1.16. The molecule has 0 radical (unpaired) electrons. The van der Waals surface area contributed by atoms with Gasteiger partial charge < -0.3 is 0 Å². The van der Waals surface area contributed by atoms with E-state index in [0.29, 0.717) is 0 Å². The lowest BCUT2D eigenvalue weighted by atomic mass is 9.97. The maximum absolute atomic E-state index is 12.9. The first-order chi connectivity index (χ1) is 10.7. The molecule has 4 heteroatoms. The van der Waals surface area contributed by atoms with Crippen molar-refractivity contribution in [2.24, 2.45) is 0 Å². The van der Waals surface area contributed by atoms with Gasteiger partial charge >= 0.3 is 0 Å². The SMILES string of the molecule is CCCCCCCn1c(C)nc2sc3c(c2c1=O)CCCC3. The predicted octanol–water partition coefficient (Wildman–Crippen LogP) is 4.62. The van der Waals surface area contributed by atoms with E-state index in [2.05, 4.69) is 6.92 Å². The van der Waals surface area contributed by atoms with E-state index in [1.807, 2.05) is 11.5 Å². The highest BCUT2D eigenvalue weighted by Crippen LogP contribution is 2.33. The molecule has 2 aromatic rings. The molecule has 0 saturated carbocycles. The Bertz CT molecular complexity index is 714. The van der Waals surface area contributed by atoms with Crippen LogP contribution in [0, 0.1) is 6.92 Å². The molecular weight excluding hydrogens is 292 g/mol. The van der Waals surface area contributed by atoms with Crippen molar-refractivity contribution in [3.8, 4) is 0 Å². The second kappa shape index (κ2) is 6.95. The molecule has 0 fully saturated rings. The van der Waals surface area contributed by atoms with Gasteiger partial charge in [-0.15, -0.1) is 11.3 Å². The fourth-order valence-electron chi connectivity index (χ4n) is 3.48. The maximum atomic E-state index is 12.9. The van der Waals surface area contributed by atoms with E-state index >= 15 is 0 Å². The first kappa shape index (κ1) is 15.7. The summed E-state index contributed by atoms with van der Waals surface area (Å²) in [5.41, 5.74) is 1.51. The molecule has 22 heavy (non-hydrogen) atoms. The molecule has 0 unspecified atom stereocenters. The highest BCUT2D eigenvalue weighted by Gasteiger charge is 2.20. The lowest BCUT2D eigenvalue weighted by Gasteiger charge is -2.12. The molecule has 2 heterocycles. The monoisotopic (exact) mass is 318 g/mol. The molecule has 0 N–H and O–H groups in total. The number of hydrogen-bond acceptors (Lipinski definition) is 3. The van der Waals surface area contributed by atoms with Crippen molar-refractivity contribution in [1.82, 2.24) is 9.55 Å². The van der Waals surface area contributed by atoms with Crippen LogP contribution in [0.3, 0.4) is 0 Å². The van der Waals surface area contributed by atoms with Gasteiger partial charge in [0.15, 0.2) is 0 Å². The number of aryl methyl sites for hydroxylation is 3. The van der Waals surface area contributed by atoms with Gasteiger partial charge in [-0.05, 0) is 44.6 Å². The number of hydrogen-bond donors (Lipinski definition) is 0. The van der Waals surface area contributed by atoms with Crippen molar-refractivity contribution in [2.45, 2.75) is 78.2 Å². The fraction of sp³-hybridized carbons (Fsp3) is 0.667. The second-order valence-electron chi connectivity index (χ2n) is 6.42. The average Bonchev–Trinajstić information content (AvgIpc) is 2.88. The normalized spacial score (nSPS) is 14.5. The molecule has 0 bridgehead atoms. The first-order valence-corrected chi connectivity index (χ1v) is 9.55. The van der Waals surface area contributed by atoms with Crippen LogP contribution < -0.4 is 5.56 Å². The minimum absolute atomic E-state index is 0.206. The molecule has 1 aliphatic rings. The second-order valence-corrected chi connectivity index (χ2v) is 7.50. The molecule has 120 valence electrons. The molecule has 0 amide bonds. The maximum Gasteiger partial charge on any atom is 0.262 e. The molecule has 0 spiro atoms. The van der Waals surface area contributed by atoms with E-state index in [4.69, 9.17) is 4.98 Å². The van der Waals surface area contributed by atoms with Gasteiger partial charge in [-0.2, -0.15) is 0 Å². The third-order valence-electron chi connectivity index (χ3n) is 4.75. The van der Waals surface area contributed by atoms with Gasteiger partial charge in [-0.3, -0.25) is 9.36 Å². The number of nitrogens with zero attached hydrogens (tertiary/aromatic N) is 2. The van der Waals surface area contributed by atoms with Crippen LogP contribution in [0.4, 0.5) is 0 Å². The average molecular weight is 318 g/mol. The fourth-order valence-corrected chi connectivity index (χ4v) is 4.77. The van der Waals surface area contributed by atoms with Crippen LogP contribution in [-0.4, -0.2) is 9.55 Å². The quantitative estimate of drug-likeness (QED) is 0.729. The first-order valence-electron chi connectivity index (χ1n) is 8.74. The third-order valence-corrected chi connectivity index (χ3v) is 5.94. The van der Waals surface area contributed by atoms with Crippen LogP contribution in [0.15, 0.2) is 4.79 Å². The number of rotatable bonds is 6. The van der Waals surface area contributed by atoms with E-state index in [1.165, 1.54) is 49.0 Å². The Morgan fingerprint density at radius 2 is 1.91 bits per heavy atom. The summed E-state index contributed by atoms with van der Waals surface area (Å²) in [6, 6.07) is 0. The van der Waals surface area contributed by atoms with Crippen LogP contribution in [0.1, 0.15) is 68.1 Å². The summed E-state index contributed by atoms with van der Waals surface area (Å²) < 4.78 is 1.91. The van der Waals surface area contributed by atoms with Gasteiger partial charge in [-0.25, -0.2) is 4.98 Å². The van der Waals surface area contributed by atoms with Crippen LogP contribution in [0.2, 0.25) is 0 Å². The lowest BCUT2D eigenvalue weighted by Crippen LogP contribution is -2.24. The Morgan fingerprint density at radius 3 is 2.73 bits per heavy atom. The van der Waals surface area contributed by atoms with Gasteiger partial charge in [0, 0.05) is 11.4 Å². The van der Waals surface area contributed by atoms with Gasteiger partial charge in [0.2, 0.25) is 0 Å². The van der Waals surface area contributed by atoms with Crippen molar-refractivity contribution in [1.29, 1.82) is 0 Å². The molecule has 2 aromatic heterocycles. The van der Waals surface area contributed by atoms with E-state index in [0.717, 1.165) is 41.8 Å². The smallest absolute Gasteiger partial charge is 0.262 e. The van der Waals surface area contributed by atoms with Gasteiger partial charge in [-0.1, -0.05) is 32.6 Å². The zero-order valence-electron chi connectivity index (χ0n) is 13.8. The Labute approximate surface area is 136 Å². The van der Waals surface area contributed by atoms with E-state index in [-0.39, 0.29) is 5.56 Å². The molecule has 0 atom stereocenters. The number of fused-ring (bicyclic) bond motifs is 3. The van der Waals surface area contributed by atoms with Crippen molar-refractivity contribution >= 4 is 21.6 Å². The highest BCUT2D eigenvalue weighted by atomic mass is 32.1. The van der Waals surface area contributed by atoms with Gasteiger partial charge in [0.1, 0.15) is 10.7 Å². The molecule has 0 aromatic carbocycles. The van der Waals surface area contributed by atoms with Crippen molar-refractivity contribution in [3.63, 3.8) is 0 Å². The van der Waals surface area contributed by atoms with Crippen LogP contribution in [0.5, 0.6) is 0 Å². The van der Waals surface area contributed by atoms with Crippen LogP contribution in [-0.2, 0) is 19.4 Å².